The number of hydrogen-bond donors (Lipinski definition) is 0. The summed E-state index contributed by atoms with van der Waals surface area (Å²) >= 11 is 1.48. The molecule has 0 aliphatic heterocycles. The van der Waals surface area contributed by atoms with Gasteiger partial charge in [0.25, 0.3) is 5.69 Å². The fraction of sp³-hybridized carbons (Fsp3) is 0.0476. The second kappa shape index (κ2) is 7.98. The van der Waals surface area contributed by atoms with Crippen molar-refractivity contribution in [2.45, 2.75) is 6.61 Å². The smallest absolute Gasteiger partial charge is 0.271 e. The summed E-state index contributed by atoms with van der Waals surface area (Å²) in [4.78, 5) is 19.1. The van der Waals surface area contributed by atoms with Gasteiger partial charge in [0.15, 0.2) is 0 Å². The predicted octanol–water partition coefficient (Wildman–Crippen LogP) is 5.35. The van der Waals surface area contributed by atoms with Crippen molar-refractivity contribution in [3.05, 3.63) is 93.2 Å². The van der Waals surface area contributed by atoms with E-state index < -0.39 is 4.92 Å². The molecule has 2 aromatic carbocycles. The van der Waals surface area contributed by atoms with E-state index in [0.717, 1.165) is 26.6 Å². The first-order chi connectivity index (χ1) is 13.7. The molecule has 0 radical (unpaired) electrons. The maximum absolute atomic E-state index is 10.9. The van der Waals surface area contributed by atoms with Crippen LogP contribution in [0.4, 0.5) is 5.69 Å². The number of ether oxygens (including phenoxy) is 1. The first kappa shape index (κ1) is 17.8. The summed E-state index contributed by atoms with van der Waals surface area (Å²) in [5.41, 5.74) is 2.59. The van der Waals surface area contributed by atoms with E-state index in [1.165, 1.54) is 23.5 Å². The van der Waals surface area contributed by atoms with Crippen LogP contribution in [0.25, 0.3) is 22.4 Å². The Bertz CT molecular complexity index is 1160. The lowest BCUT2D eigenvalue weighted by atomic mass is 10.2. The topological polar surface area (TPSA) is 78.2 Å². The number of fused-ring (bicyclic) bond motifs is 1. The van der Waals surface area contributed by atoms with Crippen molar-refractivity contribution < 1.29 is 9.66 Å². The summed E-state index contributed by atoms with van der Waals surface area (Å²) in [6.45, 7) is 0.434. The normalized spacial score (nSPS) is 11.1. The van der Waals surface area contributed by atoms with Gasteiger partial charge in [0.2, 0.25) is 0 Å². The fourth-order valence-electron chi connectivity index (χ4n) is 2.67. The molecule has 2 heterocycles. The van der Waals surface area contributed by atoms with E-state index in [1.807, 2.05) is 48.6 Å². The minimum absolute atomic E-state index is 0.0440. The van der Waals surface area contributed by atoms with Gasteiger partial charge in [0.1, 0.15) is 17.4 Å². The number of nitrogens with zero attached hydrogens (tertiary/aromatic N) is 3. The Morgan fingerprint density at radius 1 is 1.11 bits per heavy atom. The zero-order chi connectivity index (χ0) is 19.3. The van der Waals surface area contributed by atoms with Crippen molar-refractivity contribution in [1.29, 1.82) is 0 Å². The molecule has 0 saturated heterocycles. The van der Waals surface area contributed by atoms with Gasteiger partial charge in [-0.15, -0.1) is 11.3 Å². The lowest BCUT2D eigenvalue weighted by Crippen LogP contribution is -1.97. The van der Waals surface area contributed by atoms with E-state index in [-0.39, 0.29) is 5.69 Å². The Hall–Kier alpha value is -3.58. The molecule has 0 saturated carbocycles. The molecule has 28 heavy (non-hydrogen) atoms. The van der Waals surface area contributed by atoms with Crippen LogP contribution >= 0.6 is 11.3 Å². The van der Waals surface area contributed by atoms with Crippen molar-refractivity contribution in [2.75, 3.05) is 0 Å². The van der Waals surface area contributed by atoms with Crippen LogP contribution in [0.5, 0.6) is 5.75 Å². The standard InChI is InChI=1S/C21H15N3O3S/c25-24(26)17-8-9-20-18(12-17)23-21(28-20)10-7-16-5-1-2-6-19(16)27-14-15-4-3-11-22-13-15/h1-13H,14H2/b10-7+. The molecule has 0 aliphatic carbocycles. The quantitative estimate of drug-likeness (QED) is 0.328. The van der Waals surface area contributed by atoms with Crippen LogP contribution < -0.4 is 4.74 Å². The van der Waals surface area contributed by atoms with Gasteiger partial charge in [0.05, 0.1) is 15.1 Å². The Kier molecular flexibility index (Phi) is 5.07. The highest BCUT2D eigenvalue weighted by Crippen LogP contribution is 2.28. The van der Waals surface area contributed by atoms with Crippen LogP contribution in [-0.2, 0) is 6.61 Å². The maximum atomic E-state index is 10.9. The summed E-state index contributed by atoms with van der Waals surface area (Å²) in [5, 5.41) is 11.7. The second-order valence-corrected chi connectivity index (χ2v) is 7.04. The Morgan fingerprint density at radius 3 is 2.82 bits per heavy atom. The van der Waals surface area contributed by atoms with E-state index in [9.17, 15) is 10.1 Å². The van der Waals surface area contributed by atoms with E-state index in [0.29, 0.717) is 12.1 Å². The predicted molar refractivity (Wildman–Crippen MR) is 110 cm³/mol. The molecule has 0 unspecified atom stereocenters. The number of hydrogen-bond acceptors (Lipinski definition) is 6. The average Bonchev–Trinajstić information content (AvgIpc) is 3.14. The number of nitro benzene ring substituents is 1. The lowest BCUT2D eigenvalue weighted by molar-refractivity contribution is -0.384. The molecule has 0 N–H and O–H groups in total. The van der Waals surface area contributed by atoms with E-state index in [2.05, 4.69) is 9.97 Å². The molecule has 0 fully saturated rings. The number of nitro groups is 1. The summed E-state index contributed by atoms with van der Waals surface area (Å²) in [7, 11) is 0. The molecule has 0 amide bonds. The number of pyridine rings is 1. The summed E-state index contributed by atoms with van der Waals surface area (Å²) in [6.07, 6.45) is 7.33. The number of para-hydroxylation sites is 1. The van der Waals surface area contributed by atoms with Crippen LogP contribution in [0.15, 0.2) is 67.0 Å². The third-order valence-electron chi connectivity index (χ3n) is 4.04. The van der Waals surface area contributed by atoms with E-state index in [1.54, 1.807) is 18.5 Å². The van der Waals surface area contributed by atoms with Crippen LogP contribution in [0.1, 0.15) is 16.1 Å². The third-order valence-corrected chi connectivity index (χ3v) is 5.04. The van der Waals surface area contributed by atoms with E-state index >= 15 is 0 Å². The van der Waals surface area contributed by atoms with Crippen molar-refractivity contribution in [1.82, 2.24) is 9.97 Å². The Labute approximate surface area is 164 Å². The maximum Gasteiger partial charge on any atom is 0.271 e. The molecule has 0 atom stereocenters. The van der Waals surface area contributed by atoms with E-state index in [4.69, 9.17) is 4.74 Å². The molecule has 0 aliphatic rings. The van der Waals surface area contributed by atoms with Crippen molar-refractivity contribution in [3.8, 4) is 5.75 Å². The molecule has 138 valence electrons. The molecule has 0 bridgehead atoms. The molecular weight excluding hydrogens is 374 g/mol. The van der Waals surface area contributed by atoms with Gasteiger partial charge in [-0.2, -0.15) is 0 Å². The van der Waals surface area contributed by atoms with Crippen LogP contribution in [-0.4, -0.2) is 14.9 Å². The molecule has 4 rings (SSSR count). The third kappa shape index (κ3) is 4.05. The van der Waals surface area contributed by atoms with Crippen molar-refractivity contribution in [3.63, 3.8) is 0 Å². The molecule has 2 aromatic heterocycles. The zero-order valence-corrected chi connectivity index (χ0v) is 15.5. The minimum atomic E-state index is -0.413. The van der Waals surface area contributed by atoms with Gasteiger partial charge < -0.3 is 4.74 Å². The van der Waals surface area contributed by atoms with Crippen LogP contribution in [0.3, 0.4) is 0 Å². The van der Waals surface area contributed by atoms with Gasteiger partial charge in [-0.25, -0.2) is 4.98 Å². The average molecular weight is 389 g/mol. The highest BCUT2D eigenvalue weighted by Gasteiger charge is 2.09. The van der Waals surface area contributed by atoms with Crippen LogP contribution in [0, 0.1) is 10.1 Å². The minimum Gasteiger partial charge on any atom is -0.488 e. The number of rotatable bonds is 6. The summed E-state index contributed by atoms with van der Waals surface area (Å²) < 4.78 is 6.84. The van der Waals surface area contributed by atoms with Crippen molar-refractivity contribution >= 4 is 39.4 Å². The van der Waals surface area contributed by atoms with Gasteiger partial charge in [-0.05, 0) is 30.4 Å². The highest BCUT2D eigenvalue weighted by atomic mass is 32.1. The fourth-order valence-corrected chi connectivity index (χ4v) is 3.52. The van der Waals surface area contributed by atoms with Crippen molar-refractivity contribution in [2.24, 2.45) is 0 Å². The van der Waals surface area contributed by atoms with Gasteiger partial charge in [-0.1, -0.05) is 24.3 Å². The first-order valence-corrected chi connectivity index (χ1v) is 9.34. The number of non-ortho nitro benzene ring substituents is 1. The molecule has 6 nitrogen and oxygen atoms in total. The number of thiazole rings is 1. The number of aromatic nitrogens is 2. The van der Waals surface area contributed by atoms with Gasteiger partial charge in [-0.3, -0.25) is 15.1 Å². The van der Waals surface area contributed by atoms with Gasteiger partial charge >= 0.3 is 0 Å². The zero-order valence-electron chi connectivity index (χ0n) is 14.7. The molecular formula is C21H15N3O3S. The SMILES string of the molecule is O=[N+]([O-])c1ccc2sc(/C=C/c3ccccc3OCc3cccnc3)nc2c1. The summed E-state index contributed by atoms with van der Waals surface area (Å²) in [6, 6.07) is 16.3. The van der Waals surface area contributed by atoms with Gasteiger partial charge in [0, 0.05) is 35.7 Å². The van der Waals surface area contributed by atoms with Crippen LogP contribution in [0.2, 0.25) is 0 Å². The summed E-state index contributed by atoms with van der Waals surface area (Å²) in [5.74, 6) is 0.763. The largest absolute Gasteiger partial charge is 0.488 e. The Balaban J connectivity index is 1.54. The molecule has 4 aromatic rings. The Morgan fingerprint density at radius 2 is 2.00 bits per heavy atom. The molecule has 0 spiro atoms. The number of benzene rings is 2. The first-order valence-electron chi connectivity index (χ1n) is 8.53. The molecule has 7 heteroatoms. The lowest BCUT2D eigenvalue weighted by Gasteiger charge is -2.08. The monoisotopic (exact) mass is 389 g/mol. The second-order valence-electron chi connectivity index (χ2n) is 5.98. The highest BCUT2D eigenvalue weighted by molar-refractivity contribution is 7.19.